The quantitative estimate of drug-likeness (QED) is 0.535. The number of aromatic amines is 2. The van der Waals surface area contributed by atoms with E-state index in [1.807, 2.05) is 24.3 Å². The highest BCUT2D eigenvalue weighted by atomic mass is 35.5. The standard InChI is InChI=1S/C24H28Cl2N8O/c1-2-17-14-33(23-20(26)28-21-22(29-23)31-24(35)30-21)11-12-34(17)18-7-9-32(10-8-18)19(13-27)15-3-5-16(25)6-4-15/h3-6,17-19H,2,7-12,14H2,1H3,(H2,28,29,30,31,35)/t17-,19+/m0/s1. The van der Waals surface area contributed by atoms with Crippen LogP contribution in [0.5, 0.6) is 0 Å². The summed E-state index contributed by atoms with van der Waals surface area (Å²) in [4.78, 5) is 32.8. The molecule has 0 saturated carbocycles. The average Bonchev–Trinajstić information content (AvgIpc) is 3.24. The van der Waals surface area contributed by atoms with Gasteiger partial charge in [-0.05, 0) is 37.0 Å². The second-order valence-electron chi connectivity index (χ2n) is 9.21. The summed E-state index contributed by atoms with van der Waals surface area (Å²) in [5.41, 5.74) is 1.44. The summed E-state index contributed by atoms with van der Waals surface area (Å²) in [6.45, 7) is 6.48. The number of nitrogens with zero attached hydrogens (tertiary/aromatic N) is 6. The van der Waals surface area contributed by atoms with Crippen LogP contribution in [0.3, 0.4) is 0 Å². The number of rotatable bonds is 5. The molecule has 2 saturated heterocycles. The van der Waals surface area contributed by atoms with Gasteiger partial charge < -0.3 is 4.90 Å². The summed E-state index contributed by atoms with van der Waals surface area (Å²) in [5, 5.41) is 10.8. The lowest BCUT2D eigenvalue weighted by Gasteiger charge is -2.48. The van der Waals surface area contributed by atoms with Crippen molar-refractivity contribution >= 4 is 40.3 Å². The van der Waals surface area contributed by atoms with Crippen LogP contribution in [0.1, 0.15) is 37.8 Å². The number of fused-ring (bicyclic) bond motifs is 1. The highest BCUT2D eigenvalue weighted by molar-refractivity contribution is 6.32. The monoisotopic (exact) mass is 514 g/mol. The second-order valence-corrected chi connectivity index (χ2v) is 10.0. The predicted octanol–water partition coefficient (Wildman–Crippen LogP) is 3.58. The highest BCUT2D eigenvalue weighted by Crippen LogP contribution is 2.31. The number of H-pyrrole nitrogens is 2. The van der Waals surface area contributed by atoms with Gasteiger partial charge in [0.15, 0.2) is 22.3 Å². The third-order valence-electron chi connectivity index (χ3n) is 7.24. The molecule has 2 N–H and O–H groups in total. The summed E-state index contributed by atoms with van der Waals surface area (Å²) in [6.07, 6.45) is 3.06. The number of likely N-dealkylation sites (tertiary alicyclic amines) is 1. The van der Waals surface area contributed by atoms with Gasteiger partial charge in [0.1, 0.15) is 6.04 Å². The van der Waals surface area contributed by atoms with Crippen molar-refractivity contribution < 1.29 is 0 Å². The summed E-state index contributed by atoms with van der Waals surface area (Å²) in [5.74, 6) is 0.613. The lowest BCUT2D eigenvalue weighted by molar-refractivity contribution is 0.0562. The van der Waals surface area contributed by atoms with Crippen molar-refractivity contribution in [3.05, 3.63) is 50.5 Å². The maximum Gasteiger partial charge on any atom is 0.326 e. The summed E-state index contributed by atoms with van der Waals surface area (Å²) < 4.78 is 0. The van der Waals surface area contributed by atoms with Crippen LogP contribution in [-0.4, -0.2) is 74.5 Å². The predicted molar refractivity (Wildman–Crippen MR) is 137 cm³/mol. The minimum absolute atomic E-state index is 0.248. The van der Waals surface area contributed by atoms with Gasteiger partial charge in [-0.2, -0.15) is 5.26 Å². The number of benzene rings is 1. The molecule has 35 heavy (non-hydrogen) atoms. The first-order valence-corrected chi connectivity index (χ1v) is 12.8. The normalized spacial score (nSPS) is 21.3. The van der Waals surface area contributed by atoms with Crippen molar-refractivity contribution in [2.45, 2.75) is 44.3 Å². The fraction of sp³-hybridized carbons (Fsp3) is 0.500. The zero-order chi connectivity index (χ0) is 24.5. The molecule has 11 heteroatoms. The Morgan fingerprint density at radius 1 is 1.09 bits per heavy atom. The van der Waals surface area contributed by atoms with E-state index in [0.29, 0.717) is 39.4 Å². The third kappa shape index (κ3) is 4.89. The molecule has 3 aromatic rings. The maximum absolute atomic E-state index is 11.6. The van der Waals surface area contributed by atoms with Gasteiger partial charge in [0.2, 0.25) is 0 Å². The molecule has 2 aliphatic rings. The molecular weight excluding hydrogens is 487 g/mol. The van der Waals surface area contributed by atoms with Crippen molar-refractivity contribution in [1.82, 2.24) is 29.7 Å². The Labute approximate surface area is 213 Å². The van der Waals surface area contributed by atoms with E-state index in [-0.39, 0.29) is 11.7 Å². The minimum atomic E-state index is -0.342. The van der Waals surface area contributed by atoms with E-state index in [1.165, 1.54) is 0 Å². The molecule has 0 radical (unpaired) electrons. The molecule has 2 aromatic heterocycles. The van der Waals surface area contributed by atoms with E-state index in [1.54, 1.807) is 0 Å². The van der Waals surface area contributed by atoms with Crippen molar-refractivity contribution in [1.29, 1.82) is 5.26 Å². The Bertz CT molecular complexity index is 1280. The summed E-state index contributed by atoms with van der Waals surface area (Å²) in [6, 6.07) is 10.7. The van der Waals surface area contributed by atoms with Gasteiger partial charge in [-0.25, -0.2) is 14.8 Å². The number of halogens is 2. The number of piperazine rings is 1. The maximum atomic E-state index is 11.6. The van der Waals surface area contributed by atoms with Crippen LogP contribution >= 0.6 is 23.2 Å². The zero-order valence-corrected chi connectivity index (χ0v) is 21.1. The van der Waals surface area contributed by atoms with Gasteiger partial charge in [-0.15, -0.1) is 0 Å². The first-order valence-electron chi connectivity index (χ1n) is 12.0. The Balaban J connectivity index is 1.24. The topological polar surface area (TPSA) is 108 Å². The highest BCUT2D eigenvalue weighted by Gasteiger charge is 2.35. The molecule has 0 aliphatic carbocycles. The van der Waals surface area contributed by atoms with E-state index in [2.05, 4.69) is 47.6 Å². The number of nitriles is 1. The van der Waals surface area contributed by atoms with Gasteiger partial charge in [-0.3, -0.25) is 19.8 Å². The largest absolute Gasteiger partial charge is 0.351 e. The number of imidazole rings is 1. The first-order chi connectivity index (χ1) is 17.0. The van der Waals surface area contributed by atoms with Crippen LogP contribution in [0, 0.1) is 11.3 Å². The molecule has 0 bridgehead atoms. The van der Waals surface area contributed by atoms with Crippen molar-refractivity contribution in [3.8, 4) is 6.07 Å². The molecule has 0 spiro atoms. The van der Waals surface area contributed by atoms with Crippen molar-refractivity contribution in [3.63, 3.8) is 0 Å². The Kier molecular flexibility index (Phi) is 6.98. The fourth-order valence-electron chi connectivity index (χ4n) is 5.42. The van der Waals surface area contributed by atoms with E-state index >= 15 is 0 Å². The fourth-order valence-corrected chi connectivity index (χ4v) is 5.79. The number of nitrogens with one attached hydrogen (secondary N) is 2. The Hall–Kier alpha value is -2.64. The summed E-state index contributed by atoms with van der Waals surface area (Å²) in [7, 11) is 0. The van der Waals surface area contributed by atoms with Crippen LogP contribution in [0.25, 0.3) is 11.3 Å². The molecule has 9 nitrogen and oxygen atoms in total. The van der Waals surface area contributed by atoms with Crippen LogP contribution in [0.4, 0.5) is 5.82 Å². The summed E-state index contributed by atoms with van der Waals surface area (Å²) >= 11 is 12.5. The van der Waals surface area contributed by atoms with Gasteiger partial charge in [-0.1, -0.05) is 42.3 Å². The third-order valence-corrected chi connectivity index (χ3v) is 7.75. The molecule has 0 unspecified atom stereocenters. The minimum Gasteiger partial charge on any atom is -0.351 e. The van der Waals surface area contributed by atoms with Crippen molar-refractivity contribution in [2.24, 2.45) is 0 Å². The molecule has 1 aromatic carbocycles. The molecular formula is C24H28Cl2N8O. The molecule has 184 valence electrons. The Morgan fingerprint density at radius 3 is 2.43 bits per heavy atom. The smallest absolute Gasteiger partial charge is 0.326 e. The molecule has 5 rings (SSSR count). The number of anilines is 1. The van der Waals surface area contributed by atoms with Crippen LogP contribution in [-0.2, 0) is 0 Å². The number of aromatic nitrogens is 4. The molecule has 0 amide bonds. The molecule has 2 aliphatic heterocycles. The van der Waals surface area contributed by atoms with Crippen LogP contribution in [0.15, 0.2) is 29.1 Å². The number of hydrogen-bond donors (Lipinski definition) is 2. The van der Waals surface area contributed by atoms with E-state index in [0.717, 1.165) is 57.5 Å². The Morgan fingerprint density at radius 2 is 1.77 bits per heavy atom. The molecule has 4 heterocycles. The lowest BCUT2D eigenvalue weighted by Crippen LogP contribution is -2.58. The van der Waals surface area contributed by atoms with E-state index < -0.39 is 0 Å². The number of hydrogen-bond acceptors (Lipinski definition) is 7. The van der Waals surface area contributed by atoms with Gasteiger partial charge in [0.25, 0.3) is 0 Å². The van der Waals surface area contributed by atoms with Gasteiger partial charge >= 0.3 is 5.69 Å². The van der Waals surface area contributed by atoms with Gasteiger partial charge in [0.05, 0.1) is 6.07 Å². The number of piperidine rings is 1. The van der Waals surface area contributed by atoms with Gasteiger partial charge in [0, 0.05) is 49.8 Å². The van der Waals surface area contributed by atoms with Crippen LogP contribution in [0.2, 0.25) is 10.2 Å². The second kappa shape index (κ2) is 10.2. The van der Waals surface area contributed by atoms with Crippen molar-refractivity contribution in [2.75, 3.05) is 37.6 Å². The first kappa shape index (κ1) is 24.1. The molecule has 2 fully saturated rings. The van der Waals surface area contributed by atoms with Crippen LogP contribution < -0.4 is 10.6 Å². The average molecular weight is 515 g/mol. The molecule has 2 atom stereocenters. The van der Waals surface area contributed by atoms with E-state index in [4.69, 9.17) is 23.2 Å². The zero-order valence-electron chi connectivity index (χ0n) is 19.5. The SMILES string of the molecule is CC[C@H]1CN(c2nc3[nH]c(=O)[nH]c3nc2Cl)CCN1C1CCN([C@H](C#N)c2ccc(Cl)cc2)CC1. The lowest BCUT2D eigenvalue weighted by atomic mass is 9.96. The van der Waals surface area contributed by atoms with E-state index in [9.17, 15) is 10.1 Å².